The van der Waals surface area contributed by atoms with Crippen molar-refractivity contribution in [3.05, 3.63) is 53.2 Å². The number of furan rings is 1. The van der Waals surface area contributed by atoms with Crippen molar-refractivity contribution in [2.24, 2.45) is 0 Å². The fourth-order valence-corrected chi connectivity index (χ4v) is 1.49. The third kappa shape index (κ3) is 2.29. The normalized spacial score (nSPS) is 10.1. The van der Waals surface area contributed by atoms with E-state index < -0.39 is 5.97 Å². The fraction of sp³-hybridized carbons (Fsp3) is 0.154. The van der Waals surface area contributed by atoms with Gasteiger partial charge in [0.15, 0.2) is 5.76 Å². The van der Waals surface area contributed by atoms with Gasteiger partial charge in [-0.15, -0.1) is 0 Å². The molecule has 0 bridgehead atoms. The molecule has 0 fully saturated rings. The first kappa shape index (κ1) is 12.0. The first-order valence-corrected chi connectivity index (χ1v) is 5.26. The van der Waals surface area contributed by atoms with E-state index in [4.69, 9.17) is 4.42 Å². The highest BCUT2D eigenvalue weighted by atomic mass is 16.5. The Labute approximate surface area is 103 Å². The van der Waals surface area contributed by atoms with Crippen LogP contribution >= 0.6 is 0 Å². The van der Waals surface area contributed by atoms with Crippen molar-refractivity contribution in [2.75, 3.05) is 7.11 Å². The lowest BCUT2D eigenvalue weighted by Crippen LogP contribution is -2.02. The number of aryl methyl sites for hydroxylation is 1. The van der Waals surface area contributed by atoms with Crippen LogP contribution in [0.5, 0.6) is 0 Å². The maximum atomic E-state index is 12.0. The summed E-state index contributed by atoms with van der Waals surface area (Å²) < 4.78 is 9.64. The van der Waals surface area contributed by atoms with Crippen molar-refractivity contribution >= 4 is 11.8 Å². The fourth-order valence-electron chi connectivity index (χ4n) is 1.49. The number of carbonyl (C=O) groups excluding carboxylic acids is 2. The van der Waals surface area contributed by atoms with Gasteiger partial charge in [0.2, 0.25) is 11.5 Å². The Balaban J connectivity index is 2.29. The first-order valence-electron chi connectivity index (χ1n) is 5.26. The van der Waals surface area contributed by atoms with Gasteiger partial charge in [0.1, 0.15) is 0 Å². The van der Waals surface area contributed by atoms with Crippen molar-refractivity contribution in [1.29, 1.82) is 0 Å². The Bertz CT molecular complexity index is 601. The summed E-state index contributed by atoms with van der Waals surface area (Å²) in [5.74, 6) is -0.845. The number of pyridine rings is 1. The second-order valence-electron chi connectivity index (χ2n) is 3.74. The lowest BCUT2D eigenvalue weighted by Gasteiger charge is -1.98. The van der Waals surface area contributed by atoms with E-state index in [0.717, 1.165) is 5.56 Å². The van der Waals surface area contributed by atoms with Gasteiger partial charge in [-0.2, -0.15) is 0 Å². The SMILES string of the molecule is COC(=O)c1ccc(C(=O)c2cncc(C)c2)o1. The topological polar surface area (TPSA) is 69.4 Å². The molecule has 0 aliphatic rings. The van der Waals surface area contributed by atoms with Gasteiger partial charge in [0.05, 0.1) is 7.11 Å². The van der Waals surface area contributed by atoms with E-state index in [0.29, 0.717) is 5.56 Å². The molecule has 0 amide bonds. The quantitative estimate of drug-likeness (QED) is 0.611. The second kappa shape index (κ2) is 4.83. The van der Waals surface area contributed by atoms with Crippen LogP contribution in [0.4, 0.5) is 0 Å². The molecule has 0 aliphatic heterocycles. The Morgan fingerprint density at radius 3 is 2.61 bits per heavy atom. The average Bonchev–Trinajstić information content (AvgIpc) is 2.86. The number of esters is 1. The van der Waals surface area contributed by atoms with Crippen LogP contribution in [0.25, 0.3) is 0 Å². The van der Waals surface area contributed by atoms with Crippen LogP contribution < -0.4 is 0 Å². The minimum Gasteiger partial charge on any atom is -0.463 e. The van der Waals surface area contributed by atoms with Crippen LogP contribution in [0.15, 0.2) is 35.0 Å². The minimum atomic E-state index is -0.614. The molecule has 5 nitrogen and oxygen atoms in total. The molecular formula is C13H11NO4. The number of ether oxygens (including phenoxy) is 1. The third-order valence-corrected chi connectivity index (χ3v) is 2.35. The largest absolute Gasteiger partial charge is 0.463 e. The van der Waals surface area contributed by atoms with E-state index in [1.54, 1.807) is 12.3 Å². The van der Waals surface area contributed by atoms with E-state index in [1.165, 1.54) is 25.4 Å². The summed E-state index contributed by atoms with van der Waals surface area (Å²) in [7, 11) is 1.25. The zero-order valence-electron chi connectivity index (χ0n) is 9.97. The summed E-state index contributed by atoms with van der Waals surface area (Å²) in [4.78, 5) is 27.2. The summed E-state index contributed by atoms with van der Waals surface area (Å²) in [6.07, 6.45) is 3.11. The molecule has 92 valence electrons. The molecule has 0 saturated heterocycles. The molecule has 2 aromatic heterocycles. The van der Waals surface area contributed by atoms with Gasteiger partial charge >= 0.3 is 5.97 Å². The predicted molar refractivity (Wildman–Crippen MR) is 62.5 cm³/mol. The predicted octanol–water partition coefficient (Wildman–Crippen LogP) is 2.00. The molecule has 2 rings (SSSR count). The summed E-state index contributed by atoms with van der Waals surface area (Å²) in [5, 5.41) is 0. The average molecular weight is 245 g/mol. The minimum absolute atomic E-state index is 0.00135. The van der Waals surface area contributed by atoms with Crippen LogP contribution in [0.1, 0.15) is 32.2 Å². The number of ketones is 1. The maximum Gasteiger partial charge on any atom is 0.373 e. The maximum absolute atomic E-state index is 12.0. The van der Waals surface area contributed by atoms with Gasteiger partial charge in [-0.05, 0) is 30.7 Å². The zero-order chi connectivity index (χ0) is 13.1. The standard InChI is InChI=1S/C13H11NO4/c1-8-5-9(7-14-6-8)12(15)10-3-4-11(18-10)13(16)17-2/h3-7H,1-2H3. The second-order valence-corrected chi connectivity index (χ2v) is 3.74. The monoisotopic (exact) mass is 245 g/mol. The molecule has 18 heavy (non-hydrogen) atoms. The van der Waals surface area contributed by atoms with E-state index in [-0.39, 0.29) is 17.3 Å². The number of methoxy groups -OCH3 is 1. The Morgan fingerprint density at radius 2 is 1.94 bits per heavy atom. The van der Waals surface area contributed by atoms with E-state index in [1.807, 2.05) is 6.92 Å². The highest BCUT2D eigenvalue weighted by Crippen LogP contribution is 2.14. The third-order valence-electron chi connectivity index (χ3n) is 2.35. The van der Waals surface area contributed by atoms with E-state index in [9.17, 15) is 9.59 Å². The molecule has 2 aromatic rings. The van der Waals surface area contributed by atoms with Crippen LogP contribution in [0.2, 0.25) is 0 Å². The summed E-state index contributed by atoms with van der Waals surface area (Å²) in [5.41, 5.74) is 1.29. The molecular weight excluding hydrogens is 234 g/mol. The molecule has 5 heteroatoms. The van der Waals surface area contributed by atoms with E-state index in [2.05, 4.69) is 9.72 Å². The van der Waals surface area contributed by atoms with Crippen molar-refractivity contribution in [2.45, 2.75) is 6.92 Å². The van der Waals surface area contributed by atoms with Crippen molar-refractivity contribution in [3.8, 4) is 0 Å². The number of aromatic nitrogens is 1. The van der Waals surface area contributed by atoms with Crippen molar-refractivity contribution in [3.63, 3.8) is 0 Å². The molecule has 0 N–H and O–H groups in total. The van der Waals surface area contributed by atoms with E-state index >= 15 is 0 Å². The summed E-state index contributed by atoms with van der Waals surface area (Å²) in [6, 6.07) is 4.55. The highest BCUT2D eigenvalue weighted by molar-refractivity contribution is 6.07. The number of rotatable bonds is 3. The van der Waals surface area contributed by atoms with Crippen molar-refractivity contribution < 1.29 is 18.7 Å². The summed E-state index contributed by atoms with van der Waals surface area (Å²) >= 11 is 0. The molecule has 0 radical (unpaired) electrons. The van der Waals surface area contributed by atoms with Crippen LogP contribution in [0, 0.1) is 6.92 Å². The van der Waals surface area contributed by atoms with Gasteiger partial charge < -0.3 is 9.15 Å². The molecule has 2 heterocycles. The Hall–Kier alpha value is -2.43. The molecule has 0 unspecified atom stereocenters. The molecule has 0 spiro atoms. The van der Waals surface area contributed by atoms with Gasteiger partial charge in [-0.3, -0.25) is 9.78 Å². The lowest BCUT2D eigenvalue weighted by molar-refractivity contribution is 0.0563. The molecule has 0 aliphatic carbocycles. The number of hydrogen-bond donors (Lipinski definition) is 0. The summed E-state index contributed by atoms with van der Waals surface area (Å²) in [6.45, 7) is 1.84. The molecule has 0 aromatic carbocycles. The van der Waals surface area contributed by atoms with Crippen molar-refractivity contribution in [1.82, 2.24) is 4.98 Å². The van der Waals surface area contributed by atoms with Crippen LogP contribution in [-0.4, -0.2) is 23.8 Å². The highest BCUT2D eigenvalue weighted by Gasteiger charge is 2.17. The zero-order valence-corrected chi connectivity index (χ0v) is 9.97. The Morgan fingerprint density at radius 1 is 1.22 bits per heavy atom. The Kier molecular flexibility index (Phi) is 3.23. The van der Waals surface area contributed by atoms with Crippen LogP contribution in [-0.2, 0) is 4.74 Å². The van der Waals surface area contributed by atoms with Gasteiger partial charge in [0, 0.05) is 18.0 Å². The van der Waals surface area contributed by atoms with Gasteiger partial charge in [-0.1, -0.05) is 0 Å². The number of nitrogens with zero attached hydrogens (tertiary/aromatic N) is 1. The van der Waals surface area contributed by atoms with Gasteiger partial charge in [-0.25, -0.2) is 4.79 Å². The van der Waals surface area contributed by atoms with Gasteiger partial charge in [0.25, 0.3) is 0 Å². The molecule has 0 saturated carbocycles. The lowest BCUT2D eigenvalue weighted by atomic mass is 10.1. The first-order chi connectivity index (χ1) is 8.61. The number of carbonyl (C=O) groups is 2. The molecule has 0 atom stereocenters. The smallest absolute Gasteiger partial charge is 0.373 e. The number of hydrogen-bond acceptors (Lipinski definition) is 5. The van der Waals surface area contributed by atoms with Crippen LogP contribution in [0.3, 0.4) is 0 Å².